The number of amides is 3. The highest BCUT2D eigenvalue weighted by molar-refractivity contribution is 9.10. The molecular formula is C28H27BrN4O4. The lowest BCUT2D eigenvalue weighted by molar-refractivity contribution is -0.133. The molecule has 1 heterocycles. The summed E-state index contributed by atoms with van der Waals surface area (Å²) in [5.74, 6) is -1.55. The zero-order valence-corrected chi connectivity index (χ0v) is 22.3. The van der Waals surface area contributed by atoms with E-state index in [-0.39, 0.29) is 5.69 Å². The second-order valence-electron chi connectivity index (χ2n) is 8.61. The molecular weight excluding hydrogens is 536 g/mol. The summed E-state index contributed by atoms with van der Waals surface area (Å²) in [6, 6.07) is 19.5. The van der Waals surface area contributed by atoms with E-state index in [9.17, 15) is 14.4 Å². The third-order valence-corrected chi connectivity index (χ3v) is 6.12. The quantitative estimate of drug-likeness (QED) is 0.249. The van der Waals surface area contributed by atoms with Crippen LogP contribution in [0.1, 0.15) is 35.0 Å². The molecule has 0 radical (unpaired) electrons. The van der Waals surface area contributed by atoms with Gasteiger partial charge in [0.25, 0.3) is 5.91 Å². The van der Waals surface area contributed by atoms with Crippen LogP contribution in [0, 0.1) is 13.8 Å². The van der Waals surface area contributed by atoms with Crippen molar-refractivity contribution in [3.63, 3.8) is 0 Å². The van der Waals surface area contributed by atoms with E-state index in [1.54, 1.807) is 42.5 Å². The maximum Gasteiger partial charge on any atom is 0.328 e. The predicted octanol–water partition coefficient (Wildman–Crippen LogP) is 5.77. The van der Waals surface area contributed by atoms with Crippen LogP contribution in [0.25, 0.3) is 10.9 Å². The summed E-state index contributed by atoms with van der Waals surface area (Å²) < 4.78 is 7.67. The average Bonchev–Trinajstić information content (AvgIpc) is 3.22. The highest BCUT2D eigenvalue weighted by atomic mass is 79.9. The summed E-state index contributed by atoms with van der Waals surface area (Å²) in [5, 5.41) is 6.18. The fraction of sp³-hybridized carbons (Fsp3) is 0.179. The normalized spacial score (nSPS) is 10.7. The molecule has 0 bridgehead atoms. The number of rotatable bonds is 7. The van der Waals surface area contributed by atoms with Crippen molar-refractivity contribution in [1.29, 1.82) is 0 Å². The largest absolute Gasteiger partial charge is 0.494 e. The number of anilines is 2. The molecule has 3 aromatic carbocycles. The summed E-state index contributed by atoms with van der Waals surface area (Å²) >= 11 is 3.43. The number of aromatic nitrogens is 1. The van der Waals surface area contributed by atoms with Gasteiger partial charge in [-0.25, -0.2) is 4.68 Å². The summed E-state index contributed by atoms with van der Waals surface area (Å²) in [6.07, 6.45) is 0.883. The van der Waals surface area contributed by atoms with Gasteiger partial charge >= 0.3 is 11.8 Å². The molecule has 4 rings (SSSR count). The first-order valence-electron chi connectivity index (χ1n) is 11.8. The van der Waals surface area contributed by atoms with Crippen molar-refractivity contribution in [3.05, 3.63) is 88.0 Å². The van der Waals surface area contributed by atoms with Gasteiger partial charge in [0.2, 0.25) is 0 Å². The lowest BCUT2D eigenvalue weighted by atomic mass is 10.1. The highest BCUT2D eigenvalue weighted by Crippen LogP contribution is 2.25. The second-order valence-corrected chi connectivity index (χ2v) is 9.52. The van der Waals surface area contributed by atoms with Gasteiger partial charge < -0.3 is 15.4 Å². The molecule has 0 spiro atoms. The Hall–Kier alpha value is -4.11. The fourth-order valence-corrected chi connectivity index (χ4v) is 4.19. The van der Waals surface area contributed by atoms with Crippen molar-refractivity contribution < 1.29 is 19.1 Å². The Morgan fingerprint density at radius 3 is 2.35 bits per heavy atom. The Morgan fingerprint density at radius 1 is 0.892 bits per heavy atom. The number of aryl methyl sites for hydroxylation is 2. The van der Waals surface area contributed by atoms with Crippen LogP contribution < -0.4 is 20.8 Å². The molecule has 0 aliphatic carbocycles. The first-order valence-corrected chi connectivity index (χ1v) is 12.6. The summed E-state index contributed by atoms with van der Waals surface area (Å²) in [7, 11) is 0. The molecule has 37 heavy (non-hydrogen) atoms. The van der Waals surface area contributed by atoms with Gasteiger partial charge in [-0.2, -0.15) is 0 Å². The maximum absolute atomic E-state index is 13.3. The van der Waals surface area contributed by atoms with Crippen molar-refractivity contribution in [1.82, 2.24) is 4.68 Å². The first kappa shape index (κ1) is 26.0. The second kappa shape index (κ2) is 11.3. The standard InChI is InChI=1S/C28H27BrN4O4/c1-4-13-37-22-9-7-21(8-10-22)30-27(35)28(36)32-33-24-12-6-20(29)15-19(24)16-25(33)26(34)31-23-11-5-17(2)14-18(23)3/h5-12,14-16H,4,13H2,1-3H3,(H,30,35)(H,31,34)(H,32,36). The van der Waals surface area contributed by atoms with E-state index in [1.807, 2.05) is 45.0 Å². The third-order valence-electron chi connectivity index (χ3n) is 5.63. The van der Waals surface area contributed by atoms with Crippen LogP contribution in [0.3, 0.4) is 0 Å². The van der Waals surface area contributed by atoms with Gasteiger partial charge in [0.15, 0.2) is 0 Å². The number of carbonyl (C=O) groups excluding carboxylic acids is 3. The molecule has 0 atom stereocenters. The predicted molar refractivity (Wildman–Crippen MR) is 149 cm³/mol. The van der Waals surface area contributed by atoms with Gasteiger partial charge in [-0.05, 0) is 80.4 Å². The number of hydrogen-bond donors (Lipinski definition) is 3. The Labute approximate surface area is 223 Å². The van der Waals surface area contributed by atoms with Crippen molar-refractivity contribution in [2.45, 2.75) is 27.2 Å². The van der Waals surface area contributed by atoms with E-state index in [0.29, 0.717) is 34.6 Å². The van der Waals surface area contributed by atoms with Gasteiger partial charge in [-0.3, -0.25) is 19.8 Å². The summed E-state index contributed by atoms with van der Waals surface area (Å²) in [4.78, 5) is 38.8. The molecule has 3 amide bonds. The lowest BCUT2D eigenvalue weighted by Gasteiger charge is -2.14. The zero-order valence-electron chi connectivity index (χ0n) is 20.7. The van der Waals surface area contributed by atoms with Crippen LogP contribution in [0.4, 0.5) is 11.4 Å². The lowest BCUT2D eigenvalue weighted by Crippen LogP contribution is -2.36. The molecule has 9 heteroatoms. The number of fused-ring (bicyclic) bond motifs is 1. The number of nitrogens with one attached hydrogen (secondary N) is 3. The summed E-state index contributed by atoms with van der Waals surface area (Å²) in [5.41, 5.74) is 6.39. The highest BCUT2D eigenvalue weighted by Gasteiger charge is 2.21. The monoisotopic (exact) mass is 562 g/mol. The van der Waals surface area contributed by atoms with E-state index >= 15 is 0 Å². The van der Waals surface area contributed by atoms with E-state index in [4.69, 9.17) is 4.74 Å². The first-order chi connectivity index (χ1) is 17.7. The Bertz CT molecular complexity index is 1480. The smallest absolute Gasteiger partial charge is 0.328 e. The summed E-state index contributed by atoms with van der Waals surface area (Å²) in [6.45, 7) is 6.49. The number of carbonyl (C=O) groups is 3. The van der Waals surface area contributed by atoms with E-state index in [0.717, 1.165) is 22.0 Å². The Balaban J connectivity index is 1.56. The number of halogens is 1. The number of benzene rings is 3. The van der Waals surface area contributed by atoms with E-state index in [1.165, 1.54) is 4.68 Å². The van der Waals surface area contributed by atoms with Gasteiger partial charge in [-0.15, -0.1) is 0 Å². The van der Waals surface area contributed by atoms with Crippen LogP contribution in [-0.2, 0) is 9.59 Å². The van der Waals surface area contributed by atoms with Crippen molar-refractivity contribution in [2.75, 3.05) is 22.7 Å². The van der Waals surface area contributed by atoms with Crippen LogP contribution in [0.15, 0.2) is 71.2 Å². The molecule has 3 N–H and O–H groups in total. The minimum Gasteiger partial charge on any atom is -0.494 e. The van der Waals surface area contributed by atoms with Gasteiger partial charge in [0.1, 0.15) is 11.4 Å². The van der Waals surface area contributed by atoms with Crippen LogP contribution >= 0.6 is 15.9 Å². The Kier molecular flexibility index (Phi) is 7.93. The molecule has 1 aromatic heterocycles. The van der Waals surface area contributed by atoms with Gasteiger partial charge in [0, 0.05) is 21.2 Å². The topological polar surface area (TPSA) is 101 Å². The van der Waals surface area contributed by atoms with Crippen LogP contribution in [-0.4, -0.2) is 29.0 Å². The molecule has 0 fully saturated rings. The number of hydrogen-bond acceptors (Lipinski definition) is 4. The van der Waals surface area contributed by atoms with E-state index < -0.39 is 17.7 Å². The SMILES string of the molecule is CCCOc1ccc(NC(=O)C(=O)Nn2c(C(=O)Nc3ccc(C)cc3C)cc3cc(Br)ccc32)cc1. The fourth-order valence-electron chi connectivity index (χ4n) is 3.81. The van der Waals surface area contributed by atoms with Crippen LogP contribution in [0.5, 0.6) is 5.75 Å². The maximum atomic E-state index is 13.3. The molecule has 8 nitrogen and oxygen atoms in total. The average molecular weight is 563 g/mol. The molecule has 0 aliphatic heterocycles. The minimum atomic E-state index is -0.924. The number of ether oxygens (including phenoxy) is 1. The minimum absolute atomic E-state index is 0.173. The zero-order chi connectivity index (χ0) is 26.5. The molecule has 0 saturated carbocycles. The van der Waals surface area contributed by atoms with Gasteiger partial charge in [0.05, 0.1) is 12.1 Å². The Morgan fingerprint density at radius 2 is 1.65 bits per heavy atom. The molecule has 0 unspecified atom stereocenters. The molecule has 190 valence electrons. The number of nitrogens with zero attached hydrogens (tertiary/aromatic N) is 1. The molecule has 0 aliphatic rings. The third kappa shape index (κ3) is 6.18. The van der Waals surface area contributed by atoms with Crippen molar-refractivity contribution in [3.8, 4) is 5.75 Å². The van der Waals surface area contributed by atoms with Gasteiger partial charge in [-0.1, -0.05) is 40.5 Å². The molecule has 4 aromatic rings. The van der Waals surface area contributed by atoms with Crippen molar-refractivity contribution >= 4 is 55.9 Å². The van der Waals surface area contributed by atoms with E-state index in [2.05, 4.69) is 32.0 Å². The van der Waals surface area contributed by atoms with Crippen molar-refractivity contribution in [2.24, 2.45) is 0 Å². The van der Waals surface area contributed by atoms with Crippen LogP contribution in [0.2, 0.25) is 0 Å². The molecule has 0 saturated heterocycles.